The van der Waals surface area contributed by atoms with Crippen LogP contribution in [-0.2, 0) is 31.3 Å². The maximum Gasteiger partial charge on any atom is 0.355 e. The summed E-state index contributed by atoms with van der Waals surface area (Å²) in [4.78, 5) is 16.1. The van der Waals surface area contributed by atoms with E-state index in [1.807, 2.05) is 68.1 Å². The molecule has 0 aliphatic heterocycles. The fourth-order valence-corrected chi connectivity index (χ4v) is 6.94. The second-order valence-corrected chi connectivity index (χ2v) is 12.1. The van der Waals surface area contributed by atoms with Crippen LogP contribution in [0.15, 0.2) is 116 Å². The SMILES string of the molecule is C=CCN(Cc1ccccc1)c1c(-c2cccc3c(CCCOc4cccc5ccccc45)c(C(=O)OCC)n(CC=C)c23)c(C)nn1C. The van der Waals surface area contributed by atoms with Gasteiger partial charge in [-0.25, -0.2) is 4.79 Å². The minimum atomic E-state index is -0.336. The molecule has 0 bridgehead atoms. The molecule has 7 heteroatoms. The van der Waals surface area contributed by atoms with Gasteiger partial charge in [0.05, 0.1) is 24.4 Å². The molecule has 2 heterocycles. The van der Waals surface area contributed by atoms with E-state index in [1.54, 1.807) is 0 Å². The summed E-state index contributed by atoms with van der Waals surface area (Å²) in [6, 6.07) is 31.1. The molecule has 0 amide bonds. The van der Waals surface area contributed by atoms with E-state index in [1.165, 1.54) is 5.56 Å². The van der Waals surface area contributed by atoms with Crippen LogP contribution < -0.4 is 9.64 Å². The molecule has 6 rings (SSSR count). The van der Waals surface area contributed by atoms with Crippen LogP contribution in [0.4, 0.5) is 5.82 Å². The van der Waals surface area contributed by atoms with Crippen LogP contribution in [0, 0.1) is 6.92 Å². The molecule has 0 atom stereocenters. The highest BCUT2D eigenvalue weighted by molar-refractivity contribution is 6.06. The number of esters is 1. The number of benzene rings is 4. The van der Waals surface area contributed by atoms with Gasteiger partial charge in [0, 0.05) is 48.6 Å². The minimum Gasteiger partial charge on any atom is -0.493 e. The lowest BCUT2D eigenvalue weighted by atomic mass is 9.99. The molecule has 0 saturated heterocycles. The Kier molecular flexibility index (Phi) is 10.3. The third kappa shape index (κ3) is 6.74. The quantitative estimate of drug-likeness (QED) is 0.0629. The summed E-state index contributed by atoms with van der Waals surface area (Å²) in [6.07, 6.45) is 5.11. The summed E-state index contributed by atoms with van der Waals surface area (Å²) in [5, 5.41) is 8.17. The van der Waals surface area contributed by atoms with Gasteiger partial charge in [0.25, 0.3) is 0 Å². The molecule has 0 spiro atoms. The van der Waals surface area contributed by atoms with Crippen molar-refractivity contribution in [3.63, 3.8) is 0 Å². The normalized spacial score (nSPS) is 11.2. The van der Waals surface area contributed by atoms with E-state index in [-0.39, 0.29) is 12.6 Å². The van der Waals surface area contributed by atoms with Crippen molar-refractivity contribution in [2.75, 3.05) is 24.7 Å². The van der Waals surface area contributed by atoms with Crippen LogP contribution in [0.2, 0.25) is 0 Å². The zero-order chi connectivity index (χ0) is 34.3. The van der Waals surface area contributed by atoms with Crippen molar-refractivity contribution in [3.05, 3.63) is 139 Å². The molecule has 6 aromatic rings. The summed E-state index contributed by atoms with van der Waals surface area (Å²) in [5.74, 6) is 1.51. The number of hydrogen-bond acceptors (Lipinski definition) is 5. The predicted octanol–water partition coefficient (Wildman–Crippen LogP) is 9.07. The molecule has 0 N–H and O–H groups in total. The number of allylic oxidation sites excluding steroid dienone is 1. The highest BCUT2D eigenvalue weighted by atomic mass is 16.5. The monoisotopic (exact) mass is 652 g/mol. The Morgan fingerprint density at radius 1 is 0.918 bits per heavy atom. The fourth-order valence-electron chi connectivity index (χ4n) is 6.94. The van der Waals surface area contributed by atoms with Crippen LogP contribution in [0.1, 0.15) is 40.7 Å². The van der Waals surface area contributed by atoms with Crippen LogP contribution in [0.25, 0.3) is 32.8 Å². The van der Waals surface area contributed by atoms with Crippen molar-refractivity contribution >= 4 is 33.5 Å². The van der Waals surface area contributed by atoms with E-state index in [4.69, 9.17) is 14.6 Å². The van der Waals surface area contributed by atoms with Gasteiger partial charge in [0.2, 0.25) is 0 Å². The molecule has 2 aromatic heterocycles. The van der Waals surface area contributed by atoms with Gasteiger partial charge in [0.1, 0.15) is 17.3 Å². The number of aromatic nitrogens is 3. The third-order valence-electron chi connectivity index (χ3n) is 8.87. The van der Waals surface area contributed by atoms with Crippen molar-refractivity contribution in [2.45, 2.75) is 39.8 Å². The second-order valence-electron chi connectivity index (χ2n) is 12.1. The average molecular weight is 653 g/mol. The van der Waals surface area contributed by atoms with E-state index in [2.05, 4.69) is 83.3 Å². The average Bonchev–Trinajstić information content (AvgIpc) is 3.59. The van der Waals surface area contributed by atoms with Crippen LogP contribution in [0.3, 0.4) is 0 Å². The Balaban J connectivity index is 1.44. The van der Waals surface area contributed by atoms with E-state index >= 15 is 0 Å². The van der Waals surface area contributed by atoms with Crippen molar-refractivity contribution in [2.24, 2.45) is 7.05 Å². The molecule has 7 nitrogen and oxygen atoms in total. The molecule has 49 heavy (non-hydrogen) atoms. The summed E-state index contributed by atoms with van der Waals surface area (Å²) in [5.41, 5.74) is 6.60. The van der Waals surface area contributed by atoms with E-state index < -0.39 is 0 Å². The Morgan fingerprint density at radius 3 is 2.43 bits per heavy atom. The van der Waals surface area contributed by atoms with Gasteiger partial charge >= 0.3 is 5.97 Å². The number of carbonyl (C=O) groups is 1. The maximum absolute atomic E-state index is 13.8. The zero-order valence-electron chi connectivity index (χ0n) is 28.7. The smallest absolute Gasteiger partial charge is 0.355 e. The Bertz CT molecular complexity index is 2100. The number of rotatable bonds is 15. The molecular weight excluding hydrogens is 608 g/mol. The largest absolute Gasteiger partial charge is 0.493 e. The summed E-state index contributed by atoms with van der Waals surface area (Å²) >= 11 is 0. The first-order valence-electron chi connectivity index (χ1n) is 16.9. The number of para-hydroxylation sites is 1. The summed E-state index contributed by atoms with van der Waals surface area (Å²) in [7, 11) is 1.99. The number of anilines is 1. The number of carbonyl (C=O) groups excluding carboxylic acids is 1. The third-order valence-corrected chi connectivity index (χ3v) is 8.87. The van der Waals surface area contributed by atoms with E-state index in [9.17, 15) is 4.79 Å². The summed E-state index contributed by atoms with van der Waals surface area (Å²) < 4.78 is 16.0. The maximum atomic E-state index is 13.8. The van der Waals surface area contributed by atoms with E-state index in [0.29, 0.717) is 44.8 Å². The molecule has 0 unspecified atom stereocenters. The number of ether oxygens (including phenoxy) is 2. The Labute approximate surface area is 288 Å². The lowest BCUT2D eigenvalue weighted by Crippen LogP contribution is -2.25. The fraction of sp³-hybridized carbons (Fsp3) is 0.238. The topological polar surface area (TPSA) is 61.5 Å². The van der Waals surface area contributed by atoms with Gasteiger partial charge in [-0.3, -0.25) is 4.68 Å². The molecule has 0 aliphatic rings. The molecule has 250 valence electrons. The van der Waals surface area contributed by atoms with Gasteiger partial charge in [-0.05, 0) is 49.3 Å². The Hall–Kier alpha value is -5.56. The minimum absolute atomic E-state index is 0.285. The molecule has 0 fully saturated rings. The first-order chi connectivity index (χ1) is 24.0. The van der Waals surface area contributed by atoms with Gasteiger partial charge in [-0.15, -0.1) is 13.2 Å². The highest BCUT2D eigenvalue weighted by Gasteiger charge is 2.28. The number of aryl methyl sites for hydroxylation is 3. The van der Waals surface area contributed by atoms with Crippen molar-refractivity contribution in [1.82, 2.24) is 14.3 Å². The van der Waals surface area contributed by atoms with Gasteiger partial charge in [-0.1, -0.05) is 97.1 Å². The number of fused-ring (bicyclic) bond motifs is 2. The predicted molar refractivity (Wildman–Crippen MR) is 200 cm³/mol. The van der Waals surface area contributed by atoms with Crippen LogP contribution in [0.5, 0.6) is 5.75 Å². The lowest BCUT2D eigenvalue weighted by Gasteiger charge is -2.25. The Morgan fingerprint density at radius 2 is 1.65 bits per heavy atom. The second kappa shape index (κ2) is 15.1. The van der Waals surface area contributed by atoms with Crippen molar-refractivity contribution in [3.8, 4) is 16.9 Å². The van der Waals surface area contributed by atoms with Crippen LogP contribution >= 0.6 is 0 Å². The van der Waals surface area contributed by atoms with Crippen LogP contribution in [-0.4, -0.2) is 40.1 Å². The first kappa shape index (κ1) is 33.3. The summed E-state index contributed by atoms with van der Waals surface area (Å²) in [6.45, 7) is 14.6. The number of nitrogens with zero attached hydrogens (tertiary/aromatic N) is 4. The molecular formula is C42H44N4O3. The van der Waals surface area contributed by atoms with E-state index in [0.717, 1.165) is 55.6 Å². The van der Waals surface area contributed by atoms with Gasteiger partial charge in [0.15, 0.2) is 0 Å². The van der Waals surface area contributed by atoms with Crippen molar-refractivity contribution in [1.29, 1.82) is 0 Å². The highest BCUT2D eigenvalue weighted by Crippen LogP contribution is 2.41. The molecule has 0 saturated carbocycles. The zero-order valence-corrected chi connectivity index (χ0v) is 28.7. The standard InChI is InChI=1S/C42H44N4O3/c1-6-26-45(29-31-17-10-9-11-18-31)41-38(30(4)43-44(41)5)36-23-15-22-34-35(40(42(47)48-8-3)46(27-7-2)39(34)36)24-16-28-49-37-25-14-20-32-19-12-13-21-33(32)37/h6-7,9-15,17-23,25H,1-2,8,16,24,26-29H2,3-5H3. The van der Waals surface area contributed by atoms with Crippen molar-refractivity contribution < 1.29 is 14.3 Å². The molecule has 0 aliphatic carbocycles. The van der Waals surface area contributed by atoms with Gasteiger partial charge in [-0.2, -0.15) is 5.10 Å². The first-order valence-corrected chi connectivity index (χ1v) is 16.9. The van der Waals surface area contributed by atoms with Gasteiger partial charge < -0.3 is 18.9 Å². The number of hydrogen-bond donors (Lipinski definition) is 0. The lowest BCUT2D eigenvalue weighted by molar-refractivity contribution is 0.0513. The molecule has 0 radical (unpaired) electrons. The molecule has 4 aromatic carbocycles.